The van der Waals surface area contributed by atoms with Crippen LogP contribution in [0, 0.1) is 23.7 Å². The molecule has 1 saturated carbocycles. The summed E-state index contributed by atoms with van der Waals surface area (Å²) in [5.74, 6) is -0.415. The predicted octanol–water partition coefficient (Wildman–Crippen LogP) is 5.73. The van der Waals surface area contributed by atoms with Crippen molar-refractivity contribution in [2.75, 3.05) is 7.11 Å². The van der Waals surface area contributed by atoms with Crippen molar-refractivity contribution in [1.82, 2.24) is 0 Å². The Bertz CT molecular complexity index is 642. The van der Waals surface area contributed by atoms with E-state index in [1.165, 1.54) is 24.3 Å². The third-order valence-corrected chi connectivity index (χ3v) is 6.11. The molecule has 0 aliphatic heterocycles. The Morgan fingerprint density at radius 2 is 1.64 bits per heavy atom. The third-order valence-electron chi connectivity index (χ3n) is 6.11. The Morgan fingerprint density at radius 1 is 1.04 bits per heavy atom. The second-order valence-corrected chi connectivity index (χ2v) is 8.42. The second kappa shape index (κ2) is 8.85. The lowest BCUT2D eigenvalue weighted by Crippen LogP contribution is -2.53. The fraction of sp³-hybridized carbons (Fsp3) is 0.682. The smallest absolute Gasteiger partial charge is 0.432 e. The summed E-state index contributed by atoms with van der Waals surface area (Å²) in [5, 5.41) is 0. The highest BCUT2D eigenvalue weighted by Gasteiger charge is 2.64. The number of benzene rings is 1. The van der Waals surface area contributed by atoms with Crippen molar-refractivity contribution in [1.29, 1.82) is 0 Å². The van der Waals surface area contributed by atoms with Crippen LogP contribution >= 0.6 is 0 Å². The van der Waals surface area contributed by atoms with E-state index in [4.69, 9.17) is 9.47 Å². The highest BCUT2D eigenvalue weighted by molar-refractivity contribution is 5.82. The van der Waals surface area contributed by atoms with Crippen molar-refractivity contribution in [2.24, 2.45) is 23.7 Å². The van der Waals surface area contributed by atoms with Gasteiger partial charge in [-0.2, -0.15) is 13.2 Å². The SMILES string of the molecule is CO[C@@](C(=O)O[C@H]1C[C@H](C(C)C)CC[C@H]1C(C)C)(c1ccccc1)C(F)(F)F. The summed E-state index contributed by atoms with van der Waals surface area (Å²) >= 11 is 0. The van der Waals surface area contributed by atoms with Crippen LogP contribution < -0.4 is 0 Å². The number of hydrogen-bond donors (Lipinski definition) is 0. The lowest BCUT2D eigenvalue weighted by Gasteiger charge is -2.41. The first-order valence-electron chi connectivity index (χ1n) is 9.93. The predicted molar refractivity (Wildman–Crippen MR) is 102 cm³/mol. The molecule has 3 nitrogen and oxygen atoms in total. The maximum absolute atomic E-state index is 14.1. The quantitative estimate of drug-likeness (QED) is 0.572. The topological polar surface area (TPSA) is 35.5 Å². The van der Waals surface area contributed by atoms with Crippen LogP contribution in [0.2, 0.25) is 0 Å². The lowest BCUT2D eigenvalue weighted by molar-refractivity contribution is -0.280. The van der Waals surface area contributed by atoms with E-state index in [9.17, 15) is 18.0 Å². The van der Waals surface area contributed by atoms with Gasteiger partial charge in [-0.25, -0.2) is 4.79 Å². The van der Waals surface area contributed by atoms with E-state index < -0.39 is 23.9 Å². The van der Waals surface area contributed by atoms with Crippen LogP contribution in [0.1, 0.15) is 52.5 Å². The lowest BCUT2D eigenvalue weighted by atomic mass is 9.71. The number of halogens is 3. The van der Waals surface area contributed by atoms with Gasteiger partial charge in [0.25, 0.3) is 5.60 Å². The molecule has 1 aromatic rings. The van der Waals surface area contributed by atoms with Crippen LogP contribution in [0.5, 0.6) is 0 Å². The Balaban J connectivity index is 2.38. The van der Waals surface area contributed by atoms with E-state index in [1.807, 2.05) is 13.8 Å². The molecule has 0 saturated heterocycles. The standard InChI is InChI=1S/C22H31F3O3/c1-14(2)16-11-12-18(15(3)4)19(13-16)28-20(26)21(27-5,22(23,24)25)17-9-7-6-8-10-17/h6-10,14-16,18-19H,11-13H2,1-5H3/t16-,18+,19+,21-/m1/s1. The van der Waals surface area contributed by atoms with Gasteiger partial charge in [0, 0.05) is 12.7 Å². The van der Waals surface area contributed by atoms with Crippen molar-refractivity contribution in [3.63, 3.8) is 0 Å². The van der Waals surface area contributed by atoms with Crippen molar-refractivity contribution in [2.45, 2.75) is 64.8 Å². The number of hydrogen-bond acceptors (Lipinski definition) is 3. The molecule has 1 aromatic carbocycles. The van der Waals surface area contributed by atoms with Gasteiger partial charge in [0.1, 0.15) is 6.10 Å². The average Bonchev–Trinajstić information content (AvgIpc) is 2.62. The maximum Gasteiger partial charge on any atom is 0.432 e. The van der Waals surface area contributed by atoms with Gasteiger partial charge < -0.3 is 9.47 Å². The zero-order valence-corrected chi connectivity index (χ0v) is 17.3. The molecule has 1 fully saturated rings. The number of esters is 1. The van der Waals surface area contributed by atoms with Gasteiger partial charge in [-0.05, 0) is 42.9 Å². The molecule has 0 radical (unpaired) electrons. The number of rotatable bonds is 6. The molecule has 6 heteroatoms. The molecule has 28 heavy (non-hydrogen) atoms. The number of alkyl halides is 3. The summed E-state index contributed by atoms with van der Waals surface area (Å²) in [6, 6.07) is 6.99. The van der Waals surface area contributed by atoms with Crippen LogP contribution in [0.15, 0.2) is 30.3 Å². The summed E-state index contributed by atoms with van der Waals surface area (Å²) in [6.45, 7) is 8.23. The third kappa shape index (κ3) is 4.37. The minimum absolute atomic E-state index is 0.0394. The molecule has 158 valence electrons. The fourth-order valence-electron chi connectivity index (χ4n) is 4.29. The van der Waals surface area contributed by atoms with Crippen molar-refractivity contribution >= 4 is 5.97 Å². The van der Waals surface area contributed by atoms with E-state index in [-0.39, 0.29) is 17.4 Å². The van der Waals surface area contributed by atoms with Crippen LogP contribution in [-0.4, -0.2) is 25.4 Å². The molecule has 1 aliphatic rings. The van der Waals surface area contributed by atoms with E-state index in [1.54, 1.807) is 6.07 Å². The van der Waals surface area contributed by atoms with Gasteiger partial charge in [0.15, 0.2) is 0 Å². The van der Waals surface area contributed by atoms with Gasteiger partial charge >= 0.3 is 12.1 Å². The van der Waals surface area contributed by atoms with Crippen molar-refractivity contribution in [3.8, 4) is 0 Å². The van der Waals surface area contributed by atoms with Crippen molar-refractivity contribution < 1.29 is 27.4 Å². The zero-order chi connectivity index (χ0) is 21.1. The minimum atomic E-state index is -4.94. The minimum Gasteiger partial charge on any atom is -0.459 e. The van der Waals surface area contributed by atoms with Crippen molar-refractivity contribution in [3.05, 3.63) is 35.9 Å². The summed E-state index contributed by atoms with van der Waals surface area (Å²) in [4.78, 5) is 13.0. The number of carbonyl (C=O) groups excluding carboxylic acids is 1. The zero-order valence-electron chi connectivity index (χ0n) is 17.3. The first kappa shape index (κ1) is 22.7. The van der Waals surface area contributed by atoms with E-state index >= 15 is 0 Å². The fourth-order valence-corrected chi connectivity index (χ4v) is 4.29. The summed E-state index contributed by atoms with van der Waals surface area (Å²) in [7, 11) is 0.902. The van der Waals surface area contributed by atoms with Crippen LogP contribution in [-0.2, 0) is 19.9 Å². The van der Waals surface area contributed by atoms with E-state index in [0.29, 0.717) is 18.3 Å². The molecule has 0 N–H and O–H groups in total. The van der Waals surface area contributed by atoms with E-state index in [2.05, 4.69) is 13.8 Å². The largest absolute Gasteiger partial charge is 0.459 e. The first-order valence-corrected chi connectivity index (χ1v) is 9.93. The molecule has 0 unspecified atom stereocenters. The Hall–Kier alpha value is -1.56. The Morgan fingerprint density at radius 3 is 2.11 bits per heavy atom. The molecular weight excluding hydrogens is 369 g/mol. The van der Waals surface area contributed by atoms with Gasteiger partial charge in [-0.1, -0.05) is 58.0 Å². The van der Waals surface area contributed by atoms with Gasteiger partial charge in [0.05, 0.1) is 0 Å². The van der Waals surface area contributed by atoms with Crippen LogP contribution in [0.25, 0.3) is 0 Å². The van der Waals surface area contributed by atoms with Gasteiger partial charge in [-0.15, -0.1) is 0 Å². The maximum atomic E-state index is 14.1. The number of methoxy groups -OCH3 is 1. The first-order chi connectivity index (χ1) is 13.0. The number of ether oxygens (including phenoxy) is 2. The molecular formula is C22H31F3O3. The van der Waals surface area contributed by atoms with Gasteiger partial charge in [0.2, 0.25) is 0 Å². The molecule has 0 aromatic heterocycles. The van der Waals surface area contributed by atoms with E-state index in [0.717, 1.165) is 20.0 Å². The summed E-state index contributed by atoms with van der Waals surface area (Å²) in [6.07, 6.45) is -3.06. The normalized spacial score (nSPS) is 25.6. The Kier molecular flexibility index (Phi) is 7.18. The summed E-state index contributed by atoms with van der Waals surface area (Å²) in [5.41, 5.74) is -3.40. The van der Waals surface area contributed by atoms with Crippen LogP contribution in [0.4, 0.5) is 13.2 Å². The molecule has 1 aliphatic carbocycles. The summed E-state index contributed by atoms with van der Waals surface area (Å²) < 4.78 is 52.8. The average molecular weight is 400 g/mol. The highest BCUT2D eigenvalue weighted by Crippen LogP contribution is 2.45. The van der Waals surface area contributed by atoms with Crippen LogP contribution in [0.3, 0.4) is 0 Å². The molecule has 2 rings (SSSR count). The monoisotopic (exact) mass is 400 g/mol. The number of carbonyl (C=O) groups is 1. The molecule has 0 spiro atoms. The second-order valence-electron chi connectivity index (χ2n) is 8.42. The van der Waals surface area contributed by atoms with Gasteiger partial charge in [-0.3, -0.25) is 0 Å². The highest BCUT2D eigenvalue weighted by atomic mass is 19.4. The molecule has 4 atom stereocenters. The molecule has 0 bridgehead atoms. The Labute approximate surface area is 165 Å². The molecule has 0 heterocycles. The molecule has 0 amide bonds.